The highest BCUT2D eigenvalue weighted by atomic mass is 16.2. The number of carbonyl (C=O) groups excluding carboxylic acids is 1. The fourth-order valence-corrected chi connectivity index (χ4v) is 3.59. The second-order valence-corrected chi connectivity index (χ2v) is 7.09. The van der Waals surface area contributed by atoms with Crippen LogP contribution in [-0.4, -0.2) is 40.0 Å². The van der Waals surface area contributed by atoms with Gasteiger partial charge in [0.25, 0.3) is 0 Å². The predicted octanol–water partition coefficient (Wildman–Crippen LogP) is 3.10. The standard InChI is InChI=1S/C21H29N5O/c1-3-7-18(19-8-5-6-11-22-19)21(27)25-17-9-12-26(13-10-17)20-14-16(4-2)23-15-24-20/h5-6,8,11,14-15,17-18H,3-4,7,9-10,12-13H2,1-2H3,(H,25,27). The van der Waals surface area contributed by atoms with Crippen molar-refractivity contribution in [3.8, 4) is 0 Å². The minimum Gasteiger partial charge on any atom is -0.356 e. The van der Waals surface area contributed by atoms with Crippen LogP contribution in [0.2, 0.25) is 0 Å². The molecule has 1 aliphatic rings. The molecule has 27 heavy (non-hydrogen) atoms. The smallest absolute Gasteiger partial charge is 0.229 e. The van der Waals surface area contributed by atoms with Gasteiger partial charge in [-0.2, -0.15) is 0 Å². The normalized spacial score (nSPS) is 16.1. The molecule has 2 aromatic heterocycles. The average Bonchev–Trinajstić information content (AvgIpc) is 2.73. The molecule has 2 aromatic rings. The van der Waals surface area contributed by atoms with Crippen LogP contribution < -0.4 is 10.2 Å². The van der Waals surface area contributed by atoms with Gasteiger partial charge in [0.15, 0.2) is 0 Å². The van der Waals surface area contributed by atoms with Crippen molar-refractivity contribution in [3.05, 3.63) is 48.2 Å². The van der Waals surface area contributed by atoms with Gasteiger partial charge in [0.2, 0.25) is 5.91 Å². The van der Waals surface area contributed by atoms with Crippen molar-refractivity contribution in [2.75, 3.05) is 18.0 Å². The number of hydrogen-bond acceptors (Lipinski definition) is 5. The summed E-state index contributed by atoms with van der Waals surface area (Å²) in [5, 5.41) is 3.26. The number of pyridine rings is 1. The molecule has 1 atom stereocenters. The summed E-state index contributed by atoms with van der Waals surface area (Å²) in [6.45, 7) is 6.00. The molecule has 0 saturated carbocycles. The van der Waals surface area contributed by atoms with Gasteiger partial charge in [0.05, 0.1) is 11.6 Å². The third-order valence-corrected chi connectivity index (χ3v) is 5.18. The summed E-state index contributed by atoms with van der Waals surface area (Å²) in [6.07, 6.45) is 7.95. The summed E-state index contributed by atoms with van der Waals surface area (Å²) < 4.78 is 0. The molecule has 1 amide bonds. The van der Waals surface area contributed by atoms with E-state index < -0.39 is 0 Å². The molecule has 1 fully saturated rings. The lowest BCUT2D eigenvalue weighted by Crippen LogP contribution is -2.46. The van der Waals surface area contributed by atoms with Crippen molar-refractivity contribution in [2.45, 2.75) is 57.9 Å². The summed E-state index contributed by atoms with van der Waals surface area (Å²) in [4.78, 5) is 28.2. The van der Waals surface area contributed by atoms with E-state index in [-0.39, 0.29) is 17.9 Å². The van der Waals surface area contributed by atoms with E-state index in [9.17, 15) is 4.79 Å². The number of amides is 1. The highest BCUT2D eigenvalue weighted by molar-refractivity contribution is 5.83. The number of piperidine rings is 1. The number of aryl methyl sites for hydroxylation is 1. The molecular weight excluding hydrogens is 338 g/mol. The van der Waals surface area contributed by atoms with Crippen LogP contribution in [0.5, 0.6) is 0 Å². The van der Waals surface area contributed by atoms with Gasteiger partial charge >= 0.3 is 0 Å². The molecular formula is C21H29N5O. The zero-order valence-corrected chi connectivity index (χ0v) is 16.3. The molecule has 0 aliphatic carbocycles. The van der Waals surface area contributed by atoms with Crippen molar-refractivity contribution in [3.63, 3.8) is 0 Å². The summed E-state index contributed by atoms with van der Waals surface area (Å²) in [6, 6.07) is 8.06. The van der Waals surface area contributed by atoms with Gasteiger partial charge in [-0.15, -0.1) is 0 Å². The SMILES string of the molecule is CCCC(C(=O)NC1CCN(c2cc(CC)ncn2)CC1)c1ccccn1. The van der Waals surface area contributed by atoms with E-state index in [1.807, 2.05) is 18.2 Å². The number of carbonyl (C=O) groups is 1. The number of nitrogens with zero attached hydrogens (tertiary/aromatic N) is 4. The number of anilines is 1. The lowest BCUT2D eigenvalue weighted by molar-refractivity contribution is -0.123. The molecule has 6 heteroatoms. The Morgan fingerprint density at radius 3 is 2.70 bits per heavy atom. The van der Waals surface area contributed by atoms with Crippen LogP contribution in [0.15, 0.2) is 36.8 Å². The summed E-state index contributed by atoms with van der Waals surface area (Å²) in [5.41, 5.74) is 1.93. The quantitative estimate of drug-likeness (QED) is 0.814. The molecule has 1 aliphatic heterocycles. The third-order valence-electron chi connectivity index (χ3n) is 5.18. The first-order valence-corrected chi connectivity index (χ1v) is 9.98. The van der Waals surface area contributed by atoms with Crippen LogP contribution in [0.4, 0.5) is 5.82 Å². The highest BCUT2D eigenvalue weighted by Crippen LogP contribution is 2.22. The molecule has 1 unspecified atom stereocenters. The number of nitrogens with one attached hydrogen (secondary N) is 1. The maximum atomic E-state index is 12.9. The van der Waals surface area contributed by atoms with E-state index >= 15 is 0 Å². The Kier molecular flexibility index (Phi) is 6.74. The second-order valence-electron chi connectivity index (χ2n) is 7.09. The number of rotatable bonds is 7. The van der Waals surface area contributed by atoms with Crippen molar-refractivity contribution < 1.29 is 4.79 Å². The molecule has 6 nitrogen and oxygen atoms in total. The van der Waals surface area contributed by atoms with Crippen LogP contribution in [-0.2, 0) is 11.2 Å². The predicted molar refractivity (Wildman–Crippen MR) is 107 cm³/mol. The molecule has 3 heterocycles. The molecule has 0 aromatic carbocycles. The Bertz CT molecular complexity index is 728. The van der Waals surface area contributed by atoms with Gasteiger partial charge in [-0.3, -0.25) is 9.78 Å². The van der Waals surface area contributed by atoms with E-state index in [4.69, 9.17) is 0 Å². The van der Waals surface area contributed by atoms with Crippen molar-refractivity contribution >= 4 is 11.7 Å². The highest BCUT2D eigenvalue weighted by Gasteiger charge is 2.26. The van der Waals surface area contributed by atoms with Crippen molar-refractivity contribution in [1.29, 1.82) is 0 Å². The first-order valence-electron chi connectivity index (χ1n) is 9.98. The minimum absolute atomic E-state index is 0.101. The lowest BCUT2D eigenvalue weighted by atomic mass is 9.96. The summed E-state index contributed by atoms with van der Waals surface area (Å²) in [5.74, 6) is 0.927. The maximum Gasteiger partial charge on any atom is 0.229 e. The van der Waals surface area contributed by atoms with Gasteiger partial charge in [-0.1, -0.05) is 26.3 Å². The van der Waals surface area contributed by atoms with E-state index in [2.05, 4.69) is 45.1 Å². The van der Waals surface area contributed by atoms with Gasteiger partial charge in [0, 0.05) is 37.1 Å². The minimum atomic E-state index is -0.164. The molecule has 144 valence electrons. The maximum absolute atomic E-state index is 12.9. The molecule has 1 N–H and O–H groups in total. The first-order chi connectivity index (χ1) is 13.2. The van der Waals surface area contributed by atoms with E-state index in [0.29, 0.717) is 0 Å². The Morgan fingerprint density at radius 1 is 1.22 bits per heavy atom. The third kappa shape index (κ3) is 5.02. The zero-order valence-electron chi connectivity index (χ0n) is 16.3. The number of hydrogen-bond donors (Lipinski definition) is 1. The Morgan fingerprint density at radius 2 is 2.04 bits per heavy atom. The van der Waals surface area contributed by atoms with Crippen molar-refractivity contribution in [2.24, 2.45) is 0 Å². The van der Waals surface area contributed by atoms with Crippen LogP contribution in [0, 0.1) is 0 Å². The summed E-state index contributed by atoms with van der Waals surface area (Å²) >= 11 is 0. The molecule has 1 saturated heterocycles. The zero-order chi connectivity index (χ0) is 19.1. The lowest BCUT2D eigenvalue weighted by Gasteiger charge is -2.33. The Labute approximate surface area is 161 Å². The monoisotopic (exact) mass is 367 g/mol. The van der Waals surface area contributed by atoms with E-state index in [0.717, 1.165) is 62.4 Å². The number of aromatic nitrogens is 3. The first kappa shape index (κ1) is 19.3. The van der Waals surface area contributed by atoms with Gasteiger partial charge in [-0.25, -0.2) is 9.97 Å². The van der Waals surface area contributed by atoms with E-state index in [1.165, 1.54) is 0 Å². The fourth-order valence-electron chi connectivity index (χ4n) is 3.59. The molecule has 0 spiro atoms. The largest absolute Gasteiger partial charge is 0.356 e. The van der Waals surface area contributed by atoms with Gasteiger partial charge < -0.3 is 10.2 Å². The van der Waals surface area contributed by atoms with Gasteiger partial charge in [-0.05, 0) is 37.8 Å². The Balaban J connectivity index is 1.57. The van der Waals surface area contributed by atoms with E-state index in [1.54, 1.807) is 12.5 Å². The second kappa shape index (κ2) is 9.44. The van der Waals surface area contributed by atoms with Crippen LogP contribution in [0.25, 0.3) is 0 Å². The Hall–Kier alpha value is -2.50. The van der Waals surface area contributed by atoms with Crippen LogP contribution in [0.3, 0.4) is 0 Å². The van der Waals surface area contributed by atoms with Crippen LogP contribution in [0.1, 0.15) is 56.8 Å². The molecule has 3 rings (SSSR count). The average molecular weight is 367 g/mol. The fraction of sp³-hybridized carbons (Fsp3) is 0.524. The molecule has 0 radical (unpaired) electrons. The topological polar surface area (TPSA) is 71.0 Å². The van der Waals surface area contributed by atoms with Crippen LogP contribution >= 0.6 is 0 Å². The van der Waals surface area contributed by atoms with Crippen molar-refractivity contribution in [1.82, 2.24) is 20.3 Å². The summed E-state index contributed by atoms with van der Waals surface area (Å²) in [7, 11) is 0. The molecule has 0 bridgehead atoms. The van der Waals surface area contributed by atoms with Gasteiger partial charge in [0.1, 0.15) is 12.1 Å².